The van der Waals surface area contributed by atoms with E-state index < -0.39 is 0 Å². The number of nitrogens with one attached hydrogen (secondary N) is 2. The Morgan fingerprint density at radius 1 is 1.10 bits per heavy atom. The van der Waals surface area contributed by atoms with Crippen LogP contribution >= 0.6 is 0 Å². The fourth-order valence-electron chi connectivity index (χ4n) is 1.73. The predicted molar refractivity (Wildman–Crippen MR) is 83.2 cm³/mol. The molecule has 0 atom stereocenters. The van der Waals surface area contributed by atoms with Crippen molar-refractivity contribution in [3.05, 3.63) is 0 Å². The van der Waals surface area contributed by atoms with Crippen molar-refractivity contribution in [1.29, 1.82) is 0 Å². The highest BCUT2D eigenvalue weighted by atomic mass is 16.5. The van der Waals surface area contributed by atoms with Crippen molar-refractivity contribution in [1.82, 2.24) is 15.5 Å². The van der Waals surface area contributed by atoms with Crippen molar-refractivity contribution in [2.45, 2.75) is 33.6 Å². The molecule has 0 aromatic rings. The predicted octanol–water partition coefficient (Wildman–Crippen LogP) is 0.363. The Kier molecular flexibility index (Phi) is 11.0. The zero-order valence-corrected chi connectivity index (χ0v) is 13.6. The summed E-state index contributed by atoms with van der Waals surface area (Å²) in [6.45, 7) is 8.92. The number of rotatable bonds is 9. The molecule has 1 amide bonds. The lowest BCUT2D eigenvalue weighted by Gasteiger charge is -2.19. The molecule has 0 aromatic heterocycles. The molecule has 7 heteroatoms. The van der Waals surface area contributed by atoms with Crippen molar-refractivity contribution in [3.8, 4) is 0 Å². The molecule has 0 saturated carbocycles. The third-order valence-corrected chi connectivity index (χ3v) is 2.91. The first-order valence-corrected chi connectivity index (χ1v) is 7.45. The Bertz CT molecular complexity index is 341. The number of hydrogen-bond acceptors (Lipinski definition) is 4. The molecule has 0 aromatic carbocycles. The average Bonchev–Trinajstić information content (AvgIpc) is 2.48. The van der Waals surface area contributed by atoms with E-state index in [1.165, 1.54) is 7.11 Å². The van der Waals surface area contributed by atoms with Gasteiger partial charge in [-0.3, -0.25) is 14.6 Å². The third kappa shape index (κ3) is 8.88. The van der Waals surface area contributed by atoms with Gasteiger partial charge in [-0.05, 0) is 20.8 Å². The number of carbonyl (C=O) groups excluding carboxylic acids is 2. The molecule has 122 valence electrons. The SMILES string of the molecule is CCNC(=NCCC(=O)OC)NCCC(=O)N(CC)CC. The lowest BCUT2D eigenvalue weighted by atomic mass is 10.3. The number of ether oxygens (including phenoxy) is 1. The molecular formula is C14H28N4O3. The summed E-state index contributed by atoms with van der Waals surface area (Å²) in [5.74, 6) is 0.443. The lowest BCUT2D eigenvalue weighted by molar-refractivity contribution is -0.140. The molecule has 0 aliphatic heterocycles. The molecule has 0 unspecified atom stereocenters. The van der Waals surface area contributed by atoms with E-state index in [0.717, 1.165) is 13.1 Å². The van der Waals surface area contributed by atoms with Gasteiger partial charge in [0, 0.05) is 32.6 Å². The molecule has 0 heterocycles. The maximum atomic E-state index is 11.9. The summed E-state index contributed by atoms with van der Waals surface area (Å²) in [6, 6.07) is 0. The molecule has 2 N–H and O–H groups in total. The Morgan fingerprint density at radius 3 is 2.29 bits per heavy atom. The summed E-state index contributed by atoms with van der Waals surface area (Å²) < 4.78 is 4.56. The number of methoxy groups -OCH3 is 1. The van der Waals surface area contributed by atoms with Crippen LogP contribution in [0.5, 0.6) is 0 Å². The van der Waals surface area contributed by atoms with Crippen LogP contribution in [0.25, 0.3) is 0 Å². The largest absolute Gasteiger partial charge is 0.469 e. The first kappa shape index (κ1) is 19.2. The van der Waals surface area contributed by atoms with Gasteiger partial charge in [-0.15, -0.1) is 0 Å². The van der Waals surface area contributed by atoms with Gasteiger partial charge < -0.3 is 20.3 Å². The highest BCUT2D eigenvalue weighted by Gasteiger charge is 2.09. The molecule has 0 spiro atoms. The van der Waals surface area contributed by atoms with Gasteiger partial charge in [0.05, 0.1) is 20.1 Å². The fourth-order valence-corrected chi connectivity index (χ4v) is 1.73. The molecule has 21 heavy (non-hydrogen) atoms. The number of hydrogen-bond donors (Lipinski definition) is 2. The van der Waals surface area contributed by atoms with Gasteiger partial charge in [0.2, 0.25) is 5.91 Å². The van der Waals surface area contributed by atoms with Gasteiger partial charge in [-0.2, -0.15) is 0 Å². The van der Waals surface area contributed by atoms with Gasteiger partial charge in [-0.25, -0.2) is 0 Å². The van der Waals surface area contributed by atoms with Crippen LogP contribution in [0.1, 0.15) is 33.6 Å². The molecule has 0 aliphatic rings. The fraction of sp³-hybridized carbons (Fsp3) is 0.786. The minimum Gasteiger partial charge on any atom is -0.469 e. The lowest BCUT2D eigenvalue weighted by Crippen LogP contribution is -2.40. The van der Waals surface area contributed by atoms with Crippen LogP contribution in [0, 0.1) is 0 Å². The van der Waals surface area contributed by atoms with Crippen LogP contribution in [0.3, 0.4) is 0 Å². The summed E-state index contributed by atoms with van der Waals surface area (Å²) in [5, 5.41) is 6.15. The molecule has 0 saturated heterocycles. The third-order valence-electron chi connectivity index (χ3n) is 2.91. The van der Waals surface area contributed by atoms with E-state index >= 15 is 0 Å². The maximum absolute atomic E-state index is 11.9. The first-order valence-electron chi connectivity index (χ1n) is 7.45. The number of nitrogens with zero attached hydrogens (tertiary/aromatic N) is 2. The van der Waals surface area contributed by atoms with Crippen LogP contribution in [0.2, 0.25) is 0 Å². The summed E-state index contributed by atoms with van der Waals surface area (Å²) in [5.41, 5.74) is 0. The minimum absolute atomic E-state index is 0.123. The topological polar surface area (TPSA) is 83.0 Å². The first-order chi connectivity index (χ1) is 10.1. The Hall–Kier alpha value is -1.79. The molecule has 0 aliphatic carbocycles. The Balaban J connectivity index is 4.17. The smallest absolute Gasteiger partial charge is 0.307 e. The van der Waals surface area contributed by atoms with E-state index in [-0.39, 0.29) is 18.3 Å². The van der Waals surface area contributed by atoms with E-state index in [2.05, 4.69) is 20.4 Å². The summed E-state index contributed by atoms with van der Waals surface area (Å²) in [7, 11) is 1.36. The number of aliphatic imine (C=N–C) groups is 1. The second-order valence-corrected chi connectivity index (χ2v) is 4.33. The van der Waals surface area contributed by atoms with E-state index in [1.807, 2.05) is 20.8 Å². The second kappa shape index (κ2) is 12.0. The normalized spacial score (nSPS) is 11.0. The molecular weight excluding hydrogens is 272 g/mol. The van der Waals surface area contributed by atoms with Gasteiger partial charge in [-0.1, -0.05) is 0 Å². The summed E-state index contributed by atoms with van der Waals surface area (Å²) in [6.07, 6.45) is 0.661. The number of carbonyl (C=O) groups is 2. The van der Waals surface area contributed by atoms with E-state index in [1.54, 1.807) is 4.90 Å². The monoisotopic (exact) mass is 300 g/mol. The highest BCUT2D eigenvalue weighted by Crippen LogP contribution is 1.93. The summed E-state index contributed by atoms with van der Waals surface area (Å²) >= 11 is 0. The van der Waals surface area contributed by atoms with Gasteiger partial charge >= 0.3 is 5.97 Å². The second-order valence-electron chi connectivity index (χ2n) is 4.33. The number of amides is 1. The molecule has 0 fully saturated rings. The van der Waals surface area contributed by atoms with Crippen molar-refractivity contribution in [2.24, 2.45) is 4.99 Å². The van der Waals surface area contributed by atoms with E-state index in [4.69, 9.17) is 0 Å². The van der Waals surface area contributed by atoms with Gasteiger partial charge in [0.25, 0.3) is 0 Å². The molecule has 0 bridgehead atoms. The van der Waals surface area contributed by atoms with E-state index in [9.17, 15) is 9.59 Å². The molecule has 0 rings (SSSR count). The van der Waals surface area contributed by atoms with Crippen LogP contribution in [0.4, 0.5) is 0 Å². The van der Waals surface area contributed by atoms with Crippen molar-refractivity contribution in [3.63, 3.8) is 0 Å². The standard InChI is InChI=1S/C14H28N4O3/c1-5-15-14(17-11-9-13(20)21-4)16-10-8-12(19)18(6-2)7-3/h5-11H2,1-4H3,(H2,15,16,17). The maximum Gasteiger partial charge on any atom is 0.307 e. The van der Waals surface area contributed by atoms with E-state index in [0.29, 0.717) is 32.0 Å². The van der Waals surface area contributed by atoms with Crippen LogP contribution in [-0.4, -0.2) is 62.6 Å². The van der Waals surface area contributed by atoms with Gasteiger partial charge in [0.15, 0.2) is 5.96 Å². The number of esters is 1. The zero-order chi connectivity index (χ0) is 16.1. The van der Waals surface area contributed by atoms with Crippen LogP contribution < -0.4 is 10.6 Å². The minimum atomic E-state index is -0.286. The Labute approximate surface area is 127 Å². The number of guanidine groups is 1. The summed E-state index contributed by atoms with van der Waals surface area (Å²) in [4.78, 5) is 28.9. The van der Waals surface area contributed by atoms with Crippen LogP contribution in [0.15, 0.2) is 4.99 Å². The quantitative estimate of drug-likeness (QED) is 0.365. The Morgan fingerprint density at radius 2 is 1.76 bits per heavy atom. The zero-order valence-electron chi connectivity index (χ0n) is 13.6. The van der Waals surface area contributed by atoms with Crippen molar-refractivity contribution in [2.75, 3.05) is 39.8 Å². The van der Waals surface area contributed by atoms with Crippen LogP contribution in [-0.2, 0) is 14.3 Å². The van der Waals surface area contributed by atoms with Crippen molar-refractivity contribution < 1.29 is 14.3 Å². The molecule has 0 radical (unpaired) electrons. The molecule has 7 nitrogen and oxygen atoms in total. The average molecular weight is 300 g/mol. The van der Waals surface area contributed by atoms with Crippen molar-refractivity contribution >= 4 is 17.8 Å². The highest BCUT2D eigenvalue weighted by molar-refractivity contribution is 5.81. The van der Waals surface area contributed by atoms with Gasteiger partial charge in [0.1, 0.15) is 0 Å².